The lowest BCUT2D eigenvalue weighted by molar-refractivity contribution is -0.145. The van der Waals surface area contributed by atoms with Gasteiger partial charge in [0.15, 0.2) is 0 Å². The van der Waals surface area contributed by atoms with E-state index < -0.39 is 34.1 Å². The first-order chi connectivity index (χ1) is 17.7. The molecule has 0 saturated carbocycles. The molecule has 37 heavy (non-hydrogen) atoms. The predicted molar refractivity (Wildman–Crippen MR) is 142 cm³/mol. The van der Waals surface area contributed by atoms with Gasteiger partial charge in [-0.15, -0.1) is 0 Å². The van der Waals surface area contributed by atoms with Crippen LogP contribution in [0.25, 0.3) is 0 Å². The number of fused-ring (bicyclic) bond motifs is 1. The van der Waals surface area contributed by atoms with Gasteiger partial charge in [0.2, 0.25) is 15.9 Å². The molecule has 0 spiro atoms. The second kappa shape index (κ2) is 11.6. The molecule has 0 bridgehead atoms. The first-order valence-corrected chi connectivity index (χ1v) is 13.9. The molecule has 0 fully saturated rings. The molecule has 3 aromatic rings. The molecule has 3 aromatic carbocycles. The Hall–Kier alpha value is -3.04. The zero-order chi connectivity index (χ0) is 26.6. The van der Waals surface area contributed by atoms with Crippen molar-refractivity contribution in [1.82, 2.24) is 9.62 Å². The molecule has 0 aliphatic carbocycles. The number of aryl methyl sites for hydroxylation is 1. The summed E-state index contributed by atoms with van der Waals surface area (Å²) in [5.74, 6) is -0.722. The highest BCUT2D eigenvalue weighted by molar-refractivity contribution is 7.89. The van der Waals surface area contributed by atoms with Crippen molar-refractivity contribution in [2.45, 2.75) is 57.0 Å². The van der Waals surface area contributed by atoms with E-state index in [-0.39, 0.29) is 24.0 Å². The molecular formula is C29H34N2O5S. The van der Waals surface area contributed by atoms with Crippen LogP contribution in [0.5, 0.6) is 0 Å². The maximum Gasteiger partial charge on any atom is 0.241 e. The highest BCUT2D eigenvalue weighted by atomic mass is 32.2. The molecule has 0 unspecified atom stereocenters. The number of sulfonamides is 1. The number of carbonyl (C=O) groups excluding carboxylic acids is 1. The van der Waals surface area contributed by atoms with Gasteiger partial charge in [0.25, 0.3) is 0 Å². The summed E-state index contributed by atoms with van der Waals surface area (Å²) >= 11 is 0. The molecule has 8 heteroatoms. The maximum atomic E-state index is 13.9. The van der Waals surface area contributed by atoms with E-state index in [9.17, 15) is 18.3 Å². The zero-order valence-electron chi connectivity index (χ0n) is 21.4. The van der Waals surface area contributed by atoms with Gasteiger partial charge in [0.1, 0.15) is 12.1 Å². The minimum Gasteiger partial charge on any atom is -0.394 e. The van der Waals surface area contributed by atoms with E-state index >= 15 is 0 Å². The number of aliphatic hydroxyl groups is 1. The van der Waals surface area contributed by atoms with Crippen molar-refractivity contribution < 1.29 is 23.1 Å². The molecule has 3 atom stereocenters. The summed E-state index contributed by atoms with van der Waals surface area (Å²) in [6.07, 6.45) is -0.569. The average Bonchev–Trinajstić information content (AvgIpc) is 2.90. The van der Waals surface area contributed by atoms with Crippen molar-refractivity contribution in [3.05, 3.63) is 101 Å². The molecule has 7 nitrogen and oxygen atoms in total. The Morgan fingerprint density at radius 2 is 1.68 bits per heavy atom. The number of ether oxygens (including phenoxy) is 1. The van der Waals surface area contributed by atoms with Gasteiger partial charge in [-0.1, -0.05) is 86.1 Å². The number of amides is 1. The van der Waals surface area contributed by atoms with Crippen LogP contribution in [0.4, 0.5) is 0 Å². The number of rotatable bonds is 9. The Labute approximate surface area is 219 Å². The van der Waals surface area contributed by atoms with E-state index in [1.807, 2.05) is 61.5 Å². The van der Waals surface area contributed by atoms with Crippen molar-refractivity contribution in [2.24, 2.45) is 5.92 Å². The number of benzene rings is 3. The third-order valence-electron chi connectivity index (χ3n) is 6.74. The molecule has 0 aromatic heterocycles. The summed E-state index contributed by atoms with van der Waals surface area (Å²) in [5.41, 5.74) is 3.74. The molecule has 1 heterocycles. The van der Waals surface area contributed by atoms with Crippen LogP contribution in [0.3, 0.4) is 0 Å². The highest BCUT2D eigenvalue weighted by Crippen LogP contribution is 2.35. The number of nitrogens with zero attached hydrogens (tertiary/aromatic N) is 1. The molecule has 1 aliphatic heterocycles. The van der Waals surface area contributed by atoms with Crippen LogP contribution in [-0.4, -0.2) is 43.0 Å². The Morgan fingerprint density at radius 1 is 1.03 bits per heavy atom. The number of carbonyl (C=O) groups is 1. The van der Waals surface area contributed by atoms with Gasteiger partial charge in [0.05, 0.1) is 24.2 Å². The Bertz CT molecular complexity index is 1310. The number of hydrogen-bond acceptors (Lipinski definition) is 5. The standard InChI is InChI=1S/C29H34N2O5S/c1-20(2)27(30-37(34,35)24-15-13-21(3)14-16-24)29(33)31-17-23-11-7-8-12-25(23)28(26(31)18-32)36-19-22-9-5-4-6-10-22/h4-16,20,26-28,30,32H,17-19H2,1-3H3/t26-,27-,28+/m0/s1. The fourth-order valence-electron chi connectivity index (χ4n) is 4.63. The summed E-state index contributed by atoms with van der Waals surface area (Å²) in [5, 5.41) is 10.4. The first-order valence-electron chi connectivity index (χ1n) is 12.4. The van der Waals surface area contributed by atoms with Gasteiger partial charge in [-0.05, 0) is 41.7 Å². The molecule has 2 N–H and O–H groups in total. The third kappa shape index (κ3) is 6.10. The van der Waals surface area contributed by atoms with Crippen LogP contribution >= 0.6 is 0 Å². The van der Waals surface area contributed by atoms with Crippen LogP contribution in [0, 0.1) is 12.8 Å². The maximum absolute atomic E-state index is 13.9. The smallest absolute Gasteiger partial charge is 0.241 e. The van der Waals surface area contributed by atoms with Gasteiger partial charge in [-0.2, -0.15) is 4.72 Å². The SMILES string of the molecule is Cc1ccc(S(=O)(=O)N[C@H](C(=O)N2Cc3ccccc3[C@@H](OCc3ccccc3)[C@@H]2CO)C(C)C)cc1. The number of nitrogens with one attached hydrogen (secondary N) is 1. The highest BCUT2D eigenvalue weighted by Gasteiger charge is 2.41. The molecule has 196 valence electrons. The molecule has 0 radical (unpaired) electrons. The van der Waals surface area contributed by atoms with E-state index in [0.29, 0.717) is 6.61 Å². The third-order valence-corrected chi connectivity index (χ3v) is 8.20. The van der Waals surface area contributed by atoms with Gasteiger partial charge in [0, 0.05) is 6.54 Å². The van der Waals surface area contributed by atoms with Gasteiger partial charge >= 0.3 is 0 Å². The van der Waals surface area contributed by atoms with Crippen LogP contribution in [-0.2, 0) is 32.7 Å². The second-order valence-electron chi connectivity index (χ2n) is 9.79. The van der Waals surface area contributed by atoms with Gasteiger partial charge < -0.3 is 14.7 Å². The molecule has 4 rings (SSSR count). The Kier molecular flexibility index (Phi) is 8.44. The number of aliphatic hydroxyl groups excluding tert-OH is 1. The van der Waals surface area contributed by atoms with E-state index in [0.717, 1.165) is 22.3 Å². The van der Waals surface area contributed by atoms with E-state index in [1.54, 1.807) is 30.9 Å². The molecular weight excluding hydrogens is 488 g/mol. The van der Waals surface area contributed by atoms with E-state index in [4.69, 9.17) is 4.74 Å². The summed E-state index contributed by atoms with van der Waals surface area (Å²) < 4.78 is 35.3. The lowest BCUT2D eigenvalue weighted by atomic mass is 9.90. The lowest BCUT2D eigenvalue weighted by Gasteiger charge is -2.43. The van der Waals surface area contributed by atoms with Crippen molar-refractivity contribution in [1.29, 1.82) is 0 Å². The van der Waals surface area contributed by atoms with E-state index in [2.05, 4.69) is 4.72 Å². The fourth-order valence-corrected chi connectivity index (χ4v) is 5.96. The monoisotopic (exact) mass is 522 g/mol. The zero-order valence-corrected chi connectivity index (χ0v) is 22.2. The minimum absolute atomic E-state index is 0.100. The average molecular weight is 523 g/mol. The lowest BCUT2D eigenvalue weighted by Crippen LogP contribution is -2.57. The first kappa shape index (κ1) is 27.0. The summed E-state index contributed by atoms with van der Waals surface area (Å²) in [6.45, 7) is 5.72. The van der Waals surface area contributed by atoms with E-state index in [1.165, 1.54) is 12.1 Å². The molecule has 1 aliphatic rings. The predicted octanol–water partition coefficient (Wildman–Crippen LogP) is 3.96. The van der Waals surface area contributed by atoms with Crippen LogP contribution in [0.15, 0.2) is 83.8 Å². The van der Waals surface area contributed by atoms with Crippen molar-refractivity contribution in [2.75, 3.05) is 6.61 Å². The normalized spacial score (nSPS) is 18.5. The molecule has 1 amide bonds. The molecule has 0 saturated heterocycles. The van der Waals surface area contributed by atoms with Gasteiger partial charge in [-0.3, -0.25) is 4.79 Å². The second-order valence-corrected chi connectivity index (χ2v) is 11.5. The summed E-state index contributed by atoms with van der Waals surface area (Å²) in [7, 11) is -3.94. The van der Waals surface area contributed by atoms with Crippen molar-refractivity contribution in [3.63, 3.8) is 0 Å². The van der Waals surface area contributed by atoms with Crippen LogP contribution in [0.1, 0.15) is 42.2 Å². The Morgan fingerprint density at radius 3 is 2.32 bits per heavy atom. The Balaban J connectivity index is 1.63. The van der Waals surface area contributed by atoms with Crippen molar-refractivity contribution in [3.8, 4) is 0 Å². The largest absolute Gasteiger partial charge is 0.394 e. The number of hydrogen-bond donors (Lipinski definition) is 2. The van der Waals surface area contributed by atoms with Crippen molar-refractivity contribution >= 4 is 15.9 Å². The quantitative estimate of drug-likeness (QED) is 0.444. The van der Waals surface area contributed by atoms with Crippen LogP contribution < -0.4 is 4.72 Å². The van der Waals surface area contributed by atoms with Crippen LogP contribution in [0.2, 0.25) is 0 Å². The summed E-state index contributed by atoms with van der Waals surface area (Å²) in [6, 6.07) is 22.2. The summed E-state index contributed by atoms with van der Waals surface area (Å²) in [4.78, 5) is 15.6. The topological polar surface area (TPSA) is 95.9 Å². The van der Waals surface area contributed by atoms with Gasteiger partial charge in [-0.25, -0.2) is 8.42 Å². The fraction of sp³-hybridized carbons (Fsp3) is 0.345. The minimum atomic E-state index is -3.94.